The molecule has 0 unspecified atom stereocenters. The molecule has 0 spiro atoms. The van der Waals surface area contributed by atoms with Gasteiger partial charge in [-0.05, 0) is 96.8 Å². The molecule has 43 heavy (non-hydrogen) atoms. The lowest BCUT2D eigenvalue weighted by Crippen LogP contribution is -2.17. The third-order valence-corrected chi connectivity index (χ3v) is 10.6. The molecule has 9 heteroatoms. The van der Waals surface area contributed by atoms with Crippen molar-refractivity contribution >= 4 is 55.0 Å². The van der Waals surface area contributed by atoms with Gasteiger partial charge in [0.2, 0.25) is 5.78 Å². The van der Waals surface area contributed by atoms with Crippen molar-refractivity contribution < 1.29 is 22.7 Å². The molecule has 1 fully saturated rings. The number of ketones is 1. The minimum atomic E-state index is -4.06. The molecule has 1 aromatic heterocycles. The molecular formula is C34H31ClN2O5S. The number of halogens is 1. The second-order valence-corrected chi connectivity index (χ2v) is 14.0. The Kier molecular flexibility index (Phi) is 6.90. The van der Waals surface area contributed by atoms with Gasteiger partial charge in [-0.15, -0.1) is 0 Å². The van der Waals surface area contributed by atoms with Gasteiger partial charge in [-0.3, -0.25) is 9.59 Å². The van der Waals surface area contributed by atoms with Crippen LogP contribution in [0, 0.1) is 20.8 Å². The Labute approximate surface area is 255 Å². The third kappa shape index (κ3) is 5.08. The molecule has 5 aromatic rings. The van der Waals surface area contributed by atoms with Gasteiger partial charge in [0.25, 0.3) is 15.9 Å². The summed E-state index contributed by atoms with van der Waals surface area (Å²) in [4.78, 5) is 26.2. The quantitative estimate of drug-likeness (QED) is 0.189. The van der Waals surface area contributed by atoms with Crippen LogP contribution >= 0.6 is 11.6 Å². The van der Waals surface area contributed by atoms with Crippen molar-refractivity contribution in [3.05, 3.63) is 105 Å². The molecule has 0 atom stereocenters. The van der Waals surface area contributed by atoms with Crippen molar-refractivity contribution in [3.63, 3.8) is 0 Å². The summed E-state index contributed by atoms with van der Waals surface area (Å²) in [6.07, 6.45) is 3.42. The van der Waals surface area contributed by atoms with Gasteiger partial charge >= 0.3 is 0 Å². The lowest BCUT2D eigenvalue weighted by Gasteiger charge is -2.15. The van der Waals surface area contributed by atoms with Crippen molar-refractivity contribution in [1.29, 1.82) is 0 Å². The Hall–Kier alpha value is -4.14. The first-order valence-corrected chi connectivity index (χ1v) is 15.8. The number of hydrogen-bond acceptors (Lipinski definition) is 5. The molecule has 1 saturated carbocycles. The molecule has 0 saturated heterocycles. The zero-order valence-corrected chi connectivity index (χ0v) is 25.9. The van der Waals surface area contributed by atoms with Crippen LogP contribution < -0.4 is 10.5 Å². The van der Waals surface area contributed by atoms with Gasteiger partial charge in [-0.2, -0.15) is 0 Å². The van der Waals surface area contributed by atoms with Crippen LogP contribution in [0.3, 0.4) is 0 Å². The first kappa shape index (κ1) is 29.0. The molecule has 4 aromatic carbocycles. The highest BCUT2D eigenvalue weighted by molar-refractivity contribution is 7.90. The Balaban J connectivity index is 1.43. The van der Waals surface area contributed by atoms with Crippen LogP contribution in [-0.4, -0.2) is 30.7 Å². The van der Waals surface area contributed by atoms with E-state index in [0.29, 0.717) is 32.4 Å². The second kappa shape index (κ2) is 10.2. The molecule has 1 amide bonds. The number of ether oxygens (including phenoxy) is 1. The molecule has 0 radical (unpaired) electrons. The fourth-order valence-corrected chi connectivity index (χ4v) is 7.89. The van der Waals surface area contributed by atoms with E-state index in [1.54, 1.807) is 44.2 Å². The lowest BCUT2D eigenvalue weighted by molar-refractivity contribution is 0.0914. The predicted molar refractivity (Wildman–Crippen MR) is 169 cm³/mol. The van der Waals surface area contributed by atoms with Crippen LogP contribution in [0.25, 0.3) is 21.7 Å². The van der Waals surface area contributed by atoms with E-state index >= 15 is 0 Å². The van der Waals surface area contributed by atoms with Crippen molar-refractivity contribution in [2.75, 3.05) is 6.61 Å². The highest BCUT2D eigenvalue weighted by Gasteiger charge is 2.39. The first-order chi connectivity index (χ1) is 20.3. The summed E-state index contributed by atoms with van der Waals surface area (Å²) < 4.78 is 35.5. The summed E-state index contributed by atoms with van der Waals surface area (Å²) in [6, 6.07) is 17.8. The summed E-state index contributed by atoms with van der Waals surface area (Å²) >= 11 is 6.11. The Morgan fingerprint density at radius 1 is 0.930 bits per heavy atom. The Bertz CT molecular complexity index is 2090. The van der Waals surface area contributed by atoms with E-state index in [0.717, 1.165) is 29.4 Å². The third-order valence-electron chi connectivity index (χ3n) is 8.42. The number of rotatable bonds is 8. The Morgan fingerprint density at radius 2 is 1.63 bits per heavy atom. The molecular weight excluding hydrogens is 584 g/mol. The minimum absolute atomic E-state index is 0.0124. The van der Waals surface area contributed by atoms with Gasteiger partial charge < -0.3 is 10.5 Å². The summed E-state index contributed by atoms with van der Waals surface area (Å²) in [5.74, 6) is -0.993. The number of amides is 1. The van der Waals surface area contributed by atoms with Crippen LogP contribution in [0.2, 0.25) is 5.02 Å². The number of fused-ring (bicyclic) bond motifs is 2. The van der Waals surface area contributed by atoms with E-state index in [2.05, 4.69) is 6.92 Å². The SMILES string of the molecule is Cc1cc(C)c(S(=O)(=O)n2cc(C(=O)COc3cc4ccc(Cl)cc4cc3C(N)=O)c3ccc(C4(C)CC4)cc32)c(C)c1. The molecule has 0 aliphatic heterocycles. The Morgan fingerprint density at radius 3 is 2.28 bits per heavy atom. The summed E-state index contributed by atoms with van der Waals surface area (Å²) in [5, 5.41) is 2.48. The average Bonchev–Trinajstić information content (AvgIpc) is 3.56. The van der Waals surface area contributed by atoms with Gasteiger partial charge in [0.05, 0.1) is 16.0 Å². The van der Waals surface area contributed by atoms with Gasteiger partial charge in [-0.25, -0.2) is 12.4 Å². The number of Topliss-reactive ketones (excluding diaryl/α,β-unsaturated/α-hetero) is 1. The highest BCUT2D eigenvalue weighted by atomic mass is 35.5. The standard InChI is InChI=1S/C34H31ClN2O5S/c1-19-11-20(2)32(21(3)12-19)43(40,41)37-17-28(26-8-6-24(16-29(26)37)34(4)9-10-34)30(38)18-42-31-15-22-5-7-25(35)13-23(22)14-27(31)33(36)39/h5-8,11-17H,9-10,18H2,1-4H3,(H2,36,39). The number of carbonyl (C=O) groups excluding carboxylic acids is 2. The van der Waals surface area contributed by atoms with Crippen molar-refractivity contribution in [2.45, 2.75) is 50.8 Å². The number of nitrogens with two attached hydrogens (primary N) is 1. The minimum Gasteiger partial charge on any atom is -0.485 e. The van der Waals surface area contributed by atoms with Crippen LogP contribution in [0.15, 0.2) is 71.8 Å². The number of aryl methyl sites for hydroxylation is 3. The van der Waals surface area contributed by atoms with Crippen LogP contribution in [0.1, 0.15) is 62.7 Å². The molecule has 6 rings (SSSR count). The van der Waals surface area contributed by atoms with Crippen LogP contribution in [0.5, 0.6) is 5.75 Å². The number of primary amides is 1. The zero-order valence-electron chi connectivity index (χ0n) is 24.3. The van der Waals surface area contributed by atoms with Gasteiger partial charge in [-0.1, -0.05) is 54.4 Å². The van der Waals surface area contributed by atoms with E-state index in [-0.39, 0.29) is 27.2 Å². The number of carbonyl (C=O) groups is 2. The molecule has 220 valence electrons. The summed E-state index contributed by atoms with van der Waals surface area (Å²) in [5.41, 5.74) is 9.64. The van der Waals surface area contributed by atoms with Crippen LogP contribution in [-0.2, 0) is 15.4 Å². The molecule has 1 heterocycles. The largest absolute Gasteiger partial charge is 0.485 e. The smallest absolute Gasteiger partial charge is 0.268 e. The summed E-state index contributed by atoms with van der Waals surface area (Å²) in [6.45, 7) is 7.21. The maximum atomic E-state index is 14.2. The second-order valence-electron chi connectivity index (χ2n) is 11.8. The van der Waals surface area contributed by atoms with Gasteiger partial charge in [0.15, 0.2) is 6.61 Å². The van der Waals surface area contributed by atoms with E-state index in [9.17, 15) is 18.0 Å². The van der Waals surface area contributed by atoms with Gasteiger partial charge in [0.1, 0.15) is 5.75 Å². The fraction of sp³-hybridized carbons (Fsp3) is 0.235. The normalized spacial score (nSPS) is 14.3. The van der Waals surface area contributed by atoms with Crippen molar-refractivity contribution in [3.8, 4) is 5.75 Å². The molecule has 1 aliphatic carbocycles. The van der Waals surface area contributed by atoms with Crippen molar-refractivity contribution in [2.24, 2.45) is 5.73 Å². The topological polar surface area (TPSA) is 108 Å². The van der Waals surface area contributed by atoms with E-state index in [1.807, 2.05) is 37.3 Å². The van der Waals surface area contributed by atoms with Crippen LogP contribution in [0.4, 0.5) is 0 Å². The molecule has 1 aliphatic rings. The maximum absolute atomic E-state index is 14.2. The highest BCUT2D eigenvalue weighted by Crippen LogP contribution is 2.48. The van der Waals surface area contributed by atoms with E-state index in [4.69, 9.17) is 22.1 Å². The summed E-state index contributed by atoms with van der Waals surface area (Å²) in [7, 11) is -4.06. The maximum Gasteiger partial charge on any atom is 0.268 e. The lowest BCUT2D eigenvalue weighted by atomic mass is 9.96. The number of aromatic nitrogens is 1. The van der Waals surface area contributed by atoms with E-state index < -0.39 is 28.3 Å². The monoisotopic (exact) mass is 614 g/mol. The predicted octanol–water partition coefficient (Wildman–Crippen LogP) is 7.02. The first-order valence-electron chi connectivity index (χ1n) is 14.0. The average molecular weight is 615 g/mol. The molecule has 7 nitrogen and oxygen atoms in total. The zero-order chi connectivity index (χ0) is 30.8. The molecule has 2 N–H and O–H groups in total. The molecule has 0 bridgehead atoms. The van der Waals surface area contributed by atoms with Gasteiger partial charge in [0, 0.05) is 22.2 Å². The number of nitrogens with zero attached hydrogens (tertiary/aromatic N) is 1. The number of benzene rings is 4. The number of hydrogen-bond donors (Lipinski definition) is 1. The van der Waals surface area contributed by atoms with E-state index in [1.165, 1.54) is 10.2 Å². The fourth-order valence-electron chi connectivity index (χ4n) is 5.92. The van der Waals surface area contributed by atoms with Crippen molar-refractivity contribution in [1.82, 2.24) is 3.97 Å².